The molecule has 35 heavy (non-hydrogen) atoms. The van der Waals surface area contributed by atoms with Crippen LogP contribution in [0.4, 0.5) is 5.69 Å². The molecule has 4 aromatic rings. The van der Waals surface area contributed by atoms with E-state index in [9.17, 15) is 4.79 Å². The molecule has 3 aromatic carbocycles. The predicted molar refractivity (Wildman–Crippen MR) is 139 cm³/mol. The van der Waals surface area contributed by atoms with Gasteiger partial charge in [-0.05, 0) is 61.6 Å². The first kappa shape index (κ1) is 24.3. The normalized spacial score (nSPS) is 10.6. The van der Waals surface area contributed by atoms with Crippen LogP contribution in [0.2, 0.25) is 5.02 Å². The summed E-state index contributed by atoms with van der Waals surface area (Å²) in [7, 11) is 1.60. The van der Waals surface area contributed by atoms with Gasteiger partial charge < -0.3 is 20.2 Å². The number of hydrogen-bond acceptors (Lipinski definition) is 6. The molecule has 1 amide bonds. The van der Waals surface area contributed by atoms with Crippen LogP contribution < -0.4 is 20.2 Å². The number of amides is 1. The van der Waals surface area contributed by atoms with Crippen molar-refractivity contribution >= 4 is 35.4 Å². The fourth-order valence-corrected chi connectivity index (χ4v) is 3.81. The van der Waals surface area contributed by atoms with Gasteiger partial charge in [0, 0.05) is 16.3 Å². The summed E-state index contributed by atoms with van der Waals surface area (Å²) in [6.07, 6.45) is 0. The van der Waals surface area contributed by atoms with Crippen molar-refractivity contribution in [3.63, 3.8) is 0 Å². The lowest BCUT2D eigenvalue weighted by Gasteiger charge is -2.15. The lowest BCUT2D eigenvalue weighted by molar-refractivity contribution is -0.118. The Morgan fingerprint density at radius 2 is 1.89 bits per heavy atom. The first-order valence-electron chi connectivity index (χ1n) is 10.8. The number of rotatable bonds is 9. The molecule has 8 nitrogen and oxygen atoms in total. The summed E-state index contributed by atoms with van der Waals surface area (Å²) >= 11 is 11.6. The molecular formula is C25H24ClN5O3S. The van der Waals surface area contributed by atoms with E-state index >= 15 is 0 Å². The van der Waals surface area contributed by atoms with Crippen molar-refractivity contribution in [1.29, 1.82) is 0 Å². The van der Waals surface area contributed by atoms with E-state index in [1.807, 2.05) is 55.5 Å². The van der Waals surface area contributed by atoms with Crippen molar-refractivity contribution in [2.45, 2.75) is 13.5 Å². The monoisotopic (exact) mass is 509 g/mol. The van der Waals surface area contributed by atoms with Crippen LogP contribution in [0.25, 0.3) is 11.4 Å². The number of nitrogens with zero attached hydrogens (tertiary/aromatic N) is 2. The van der Waals surface area contributed by atoms with E-state index in [0.717, 1.165) is 16.7 Å². The van der Waals surface area contributed by atoms with Gasteiger partial charge >= 0.3 is 0 Å². The molecule has 0 atom stereocenters. The molecule has 4 rings (SSSR count). The van der Waals surface area contributed by atoms with Crippen LogP contribution in [-0.4, -0.2) is 34.5 Å². The number of methoxy groups -OCH3 is 1. The Morgan fingerprint density at radius 1 is 1.11 bits per heavy atom. The Hall–Kier alpha value is -3.82. The second kappa shape index (κ2) is 11.1. The van der Waals surface area contributed by atoms with Crippen LogP contribution in [0.5, 0.6) is 11.5 Å². The van der Waals surface area contributed by atoms with Crippen LogP contribution in [0, 0.1) is 11.7 Å². The fraction of sp³-hybridized carbons (Fsp3) is 0.160. The Labute approximate surface area is 212 Å². The van der Waals surface area contributed by atoms with Crippen LogP contribution in [-0.2, 0) is 11.3 Å². The molecule has 0 fully saturated rings. The largest absolute Gasteiger partial charge is 0.496 e. The molecule has 0 aliphatic carbocycles. The third-order valence-corrected chi connectivity index (χ3v) is 5.67. The van der Waals surface area contributed by atoms with Gasteiger partial charge in [-0.15, -0.1) is 0 Å². The SMILES string of the molecule is COc1ccccc1-c1n[nH]c(=S)n1NCc1cc(Cl)ccc1OCC(=O)Nc1ccc(C)cc1. The molecule has 0 unspecified atom stereocenters. The number of carbonyl (C=O) groups is 1. The molecule has 3 N–H and O–H groups in total. The van der Waals surface area contributed by atoms with Gasteiger partial charge in [-0.3, -0.25) is 4.79 Å². The molecule has 180 valence electrons. The number of hydrogen-bond donors (Lipinski definition) is 3. The highest BCUT2D eigenvalue weighted by atomic mass is 35.5. The van der Waals surface area contributed by atoms with Crippen LogP contribution in [0.1, 0.15) is 11.1 Å². The van der Waals surface area contributed by atoms with E-state index < -0.39 is 0 Å². The number of H-pyrrole nitrogens is 1. The third-order valence-electron chi connectivity index (χ3n) is 5.16. The van der Waals surface area contributed by atoms with E-state index in [4.69, 9.17) is 33.3 Å². The average Bonchev–Trinajstić information content (AvgIpc) is 3.23. The lowest BCUT2D eigenvalue weighted by atomic mass is 10.2. The lowest BCUT2D eigenvalue weighted by Crippen LogP contribution is -2.21. The van der Waals surface area contributed by atoms with Crippen LogP contribution in [0.3, 0.4) is 0 Å². The molecule has 10 heteroatoms. The second-order valence-electron chi connectivity index (χ2n) is 7.68. The van der Waals surface area contributed by atoms with E-state index in [1.54, 1.807) is 30.0 Å². The number of aromatic nitrogens is 3. The molecule has 0 radical (unpaired) electrons. The summed E-state index contributed by atoms with van der Waals surface area (Å²) < 4.78 is 13.3. The summed E-state index contributed by atoms with van der Waals surface area (Å²) in [5.41, 5.74) is 6.59. The van der Waals surface area contributed by atoms with Crippen molar-refractivity contribution in [3.8, 4) is 22.9 Å². The maximum absolute atomic E-state index is 12.4. The Morgan fingerprint density at radius 3 is 2.66 bits per heavy atom. The first-order chi connectivity index (χ1) is 16.9. The molecule has 0 spiro atoms. The number of carbonyl (C=O) groups excluding carboxylic acids is 1. The molecule has 0 saturated heterocycles. The predicted octanol–water partition coefficient (Wildman–Crippen LogP) is 5.34. The van der Waals surface area contributed by atoms with Gasteiger partial charge in [-0.2, -0.15) is 5.10 Å². The van der Waals surface area contributed by atoms with E-state index in [-0.39, 0.29) is 12.5 Å². The van der Waals surface area contributed by atoms with Crippen LogP contribution >= 0.6 is 23.8 Å². The van der Waals surface area contributed by atoms with Crippen molar-refractivity contribution in [1.82, 2.24) is 14.9 Å². The number of halogens is 1. The molecule has 1 aromatic heterocycles. The van der Waals surface area contributed by atoms with E-state index in [1.165, 1.54) is 0 Å². The van der Waals surface area contributed by atoms with Gasteiger partial charge in [0.25, 0.3) is 5.91 Å². The zero-order chi connectivity index (χ0) is 24.8. The first-order valence-corrected chi connectivity index (χ1v) is 11.6. The van der Waals surface area contributed by atoms with Crippen LogP contribution in [0.15, 0.2) is 66.7 Å². The highest BCUT2D eigenvalue weighted by molar-refractivity contribution is 7.71. The van der Waals surface area contributed by atoms with E-state index in [0.29, 0.717) is 39.3 Å². The summed E-state index contributed by atoms with van der Waals surface area (Å²) in [5.74, 6) is 1.48. The zero-order valence-corrected chi connectivity index (χ0v) is 20.7. The smallest absolute Gasteiger partial charge is 0.262 e. The minimum atomic E-state index is -0.266. The van der Waals surface area contributed by atoms with Crippen molar-refractivity contribution in [2.75, 3.05) is 24.5 Å². The Bertz CT molecular complexity index is 1380. The van der Waals surface area contributed by atoms with Gasteiger partial charge in [0.05, 0.1) is 19.2 Å². The van der Waals surface area contributed by atoms with Crippen molar-refractivity contribution in [3.05, 3.63) is 87.7 Å². The number of nitrogens with one attached hydrogen (secondary N) is 3. The molecule has 1 heterocycles. The molecule has 0 bridgehead atoms. The van der Waals surface area contributed by atoms with Gasteiger partial charge in [0.15, 0.2) is 12.4 Å². The number of para-hydroxylation sites is 1. The van der Waals surface area contributed by atoms with Crippen molar-refractivity contribution < 1.29 is 14.3 Å². The van der Waals surface area contributed by atoms with E-state index in [2.05, 4.69) is 20.9 Å². The zero-order valence-electron chi connectivity index (χ0n) is 19.2. The second-order valence-corrected chi connectivity index (χ2v) is 8.50. The minimum Gasteiger partial charge on any atom is -0.496 e. The highest BCUT2D eigenvalue weighted by Gasteiger charge is 2.15. The number of benzene rings is 3. The number of anilines is 1. The maximum atomic E-state index is 12.4. The standard InChI is InChI=1S/C25H24ClN5O3S/c1-16-7-10-19(11-8-16)28-23(32)15-34-21-12-9-18(26)13-17(21)14-27-31-24(29-30-25(31)35)20-5-3-4-6-22(20)33-2/h3-13,27H,14-15H2,1-2H3,(H,28,32)(H,30,35). The van der Waals surface area contributed by atoms with Gasteiger partial charge in [0.1, 0.15) is 11.5 Å². The molecular weight excluding hydrogens is 486 g/mol. The minimum absolute atomic E-state index is 0.153. The molecule has 0 aliphatic rings. The maximum Gasteiger partial charge on any atom is 0.262 e. The fourth-order valence-electron chi connectivity index (χ4n) is 3.42. The summed E-state index contributed by atoms with van der Waals surface area (Å²) in [4.78, 5) is 12.4. The molecule has 0 saturated carbocycles. The number of aryl methyl sites for hydroxylation is 1. The van der Waals surface area contributed by atoms with Crippen molar-refractivity contribution in [2.24, 2.45) is 0 Å². The number of ether oxygens (including phenoxy) is 2. The summed E-state index contributed by atoms with van der Waals surface area (Å²) in [6.45, 7) is 2.15. The summed E-state index contributed by atoms with van der Waals surface area (Å²) in [5, 5.41) is 10.5. The third kappa shape index (κ3) is 6.00. The average molecular weight is 510 g/mol. The number of aromatic amines is 1. The topological polar surface area (TPSA) is 93.2 Å². The van der Waals surface area contributed by atoms with Gasteiger partial charge in [-0.1, -0.05) is 41.4 Å². The van der Waals surface area contributed by atoms with Gasteiger partial charge in [-0.25, -0.2) is 9.77 Å². The highest BCUT2D eigenvalue weighted by Crippen LogP contribution is 2.28. The summed E-state index contributed by atoms with van der Waals surface area (Å²) in [6, 6.07) is 20.3. The van der Waals surface area contributed by atoms with Gasteiger partial charge in [0.2, 0.25) is 4.77 Å². The Kier molecular flexibility index (Phi) is 7.69. The molecule has 0 aliphatic heterocycles. The quantitative estimate of drug-likeness (QED) is 0.264. The Balaban J connectivity index is 1.48.